The van der Waals surface area contributed by atoms with Crippen molar-refractivity contribution in [3.8, 4) is 11.5 Å². The summed E-state index contributed by atoms with van der Waals surface area (Å²) in [6.45, 7) is 9.88. The lowest BCUT2D eigenvalue weighted by atomic mass is 10.1. The summed E-state index contributed by atoms with van der Waals surface area (Å²) >= 11 is 0. The number of nitrogens with zero attached hydrogens (tertiary/aromatic N) is 2. The van der Waals surface area contributed by atoms with Crippen LogP contribution in [0, 0.1) is 0 Å². The third-order valence-corrected chi connectivity index (χ3v) is 4.58. The van der Waals surface area contributed by atoms with Gasteiger partial charge in [-0.15, -0.1) is 0 Å². The van der Waals surface area contributed by atoms with E-state index >= 15 is 0 Å². The van der Waals surface area contributed by atoms with Crippen molar-refractivity contribution in [2.24, 2.45) is 0 Å². The SMILES string of the molecule is CCOCCN1CCN(C(=O)c2cccc3c2OCCO3)C[C@H]1C. The summed E-state index contributed by atoms with van der Waals surface area (Å²) in [7, 11) is 0. The summed E-state index contributed by atoms with van der Waals surface area (Å²) in [5.74, 6) is 1.27. The number of piperazine rings is 1. The third-order valence-electron chi connectivity index (χ3n) is 4.58. The Hall–Kier alpha value is -1.79. The average molecular weight is 334 g/mol. The Morgan fingerprint density at radius 1 is 1.29 bits per heavy atom. The van der Waals surface area contributed by atoms with Crippen LogP contribution in [-0.2, 0) is 4.74 Å². The normalized spacial score (nSPS) is 20.9. The Morgan fingerprint density at radius 2 is 2.12 bits per heavy atom. The van der Waals surface area contributed by atoms with Crippen LogP contribution in [0.25, 0.3) is 0 Å². The highest BCUT2D eigenvalue weighted by atomic mass is 16.6. The minimum absolute atomic E-state index is 0.0219. The van der Waals surface area contributed by atoms with Gasteiger partial charge in [-0.25, -0.2) is 0 Å². The summed E-state index contributed by atoms with van der Waals surface area (Å²) in [6.07, 6.45) is 0. The molecule has 1 aromatic carbocycles. The molecule has 24 heavy (non-hydrogen) atoms. The van der Waals surface area contributed by atoms with Crippen LogP contribution < -0.4 is 9.47 Å². The highest BCUT2D eigenvalue weighted by molar-refractivity contribution is 5.98. The van der Waals surface area contributed by atoms with Gasteiger partial charge in [-0.2, -0.15) is 0 Å². The molecule has 1 saturated heterocycles. The van der Waals surface area contributed by atoms with Gasteiger partial charge in [-0.1, -0.05) is 6.07 Å². The lowest BCUT2D eigenvalue weighted by Crippen LogP contribution is -2.54. The first-order chi connectivity index (χ1) is 11.7. The van der Waals surface area contributed by atoms with Gasteiger partial charge in [0.05, 0.1) is 12.2 Å². The topological polar surface area (TPSA) is 51.2 Å². The second-order valence-corrected chi connectivity index (χ2v) is 6.16. The van der Waals surface area contributed by atoms with Crippen LogP contribution in [0.15, 0.2) is 18.2 Å². The number of carbonyl (C=O) groups excluding carboxylic acids is 1. The van der Waals surface area contributed by atoms with Crippen LogP contribution in [0.1, 0.15) is 24.2 Å². The van der Waals surface area contributed by atoms with E-state index in [2.05, 4.69) is 11.8 Å². The molecule has 0 spiro atoms. The molecular weight excluding hydrogens is 308 g/mol. The molecule has 2 aliphatic rings. The fraction of sp³-hybridized carbons (Fsp3) is 0.611. The van der Waals surface area contributed by atoms with Crippen molar-refractivity contribution in [1.29, 1.82) is 0 Å². The number of para-hydroxylation sites is 1. The van der Waals surface area contributed by atoms with Gasteiger partial charge in [-0.3, -0.25) is 9.69 Å². The van der Waals surface area contributed by atoms with Gasteiger partial charge in [0.2, 0.25) is 0 Å². The number of rotatable bonds is 5. The van der Waals surface area contributed by atoms with Crippen molar-refractivity contribution in [1.82, 2.24) is 9.80 Å². The van der Waals surface area contributed by atoms with Gasteiger partial charge < -0.3 is 19.1 Å². The largest absolute Gasteiger partial charge is 0.486 e. The number of ether oxygens (including phenoxy) is 3. The Labute approximate surface area is 143 Å². The monoisotopic (exact) mass is 334 g/mol. The Bertz CT molecular complexity index is 578. The van der Waals surface area contributed by atoms with E-state index in [1.807, 2.05) is 30.0 Å². The van der Waals surface area contributed by atoms with Crippen molar-refractivity contribution in [2.45, 2.75) is 19.9 Å². The predicted octanol–water partition coefficient (Wildman–Crippen LogP) is 1.64. The van der Waals surface area contributed by atoms with E-state index in [-0.39, 0.29) is 5.91 Å². The van der Waals surface area contributed by atoms with Crippen LogP contribution in [0.2, 0.25) is 0 Å². The molecule has 0 saturated carbocycles. The minimum Gasteiger partial charge on any atom is -0.486 e. The van der Waals surface area contributed by atoms with Crippen LogP contribution >= 0.6 is 0 Å². The van der Waals surface area contributed by atoms with Crippen molar-refractivity contribution >= 4 is 5.91 Å². The number of amides is 1. The summed E-state index contributed by atoms with van der Waals surface area (Å²) in [5.41, 5.74) is 0.599. The van der Waals surface area contributed by atoms with Crippen LogP contribution in [0.5, 0.6) is 11.5 Å². The minimum atomic E-state index is 0.0219. The van der Waals surface area contributed by atoms with Crippen molar-refractivity contribution in [3.05, 3.63) is 23.8 Å². The molecule has 1 fully saturated rings. The van der Waals surface area contributed by atoms with E-state index in [4.69, 9.17) is 14.2 Å². The number of benzene rings is 1. The second kappa shape index (κ2) is 7.85. The summed E-state index contributed by atoms with van der Waals surface area (Å²) in [6, 6.07) is 5.84. The van der Waals surface area contributed by atoms with E-state index in [0.29, 0.717) is 36.3 Å². The van der Waals surface area contributed by atoms with Gasteiger partial charge in [0.1, 0.15) is 13.2 Å². The zero-order chi connectivity index (χ0) is 16.9. The van der Waals surface area contributed by atoms with Gasteiger partial charge in [0, 0.05) is 38.8 Å². The molecule has 0 radical (unpaired) electrons. The Kier molecular flexibility index (Phi) is 5.58. The molecule has 0 bridgehead atoms. The molecule has 0 N–H and O–H groups in total. The quantitative estimate of drug-likeness (QED) is 0.766. The van der Waals surface area contributed by atoms with E-state index < -0.39 is 0 Å². The van der Waals surface area contributed by atoms with Gasteiger partial charge in [-0.05, 0) is 26.0 Å². The number of carbonyl (C=O) groups is 1. The maximum Gasteiger partial charge on any atom is 0.257 e. The molecule has 132 valence electrons. The molecule has 3 rings (SSSR count). The molecule has 2 heterocycles. The summed E-state index contributed by atoms with van der Waals surface area (Å²) in [5, 5.41) is 0. The highest BCUT2D eigenvalue weighted by Crippen LogP contribution is 2.34. The molecule has 0 aromatic heterocycles. The smallest absolute Gasteiger partial charge is 0.257 e. The van der Waals surface area contributed by atoms with Crippen LogP contribution in [0.3, 0.4) is 0 Å². The lowest BCUT2D eigenvalue weighted by Gasteiger charge is -2.40. The maximum atomic E-state index is 12.9. The maximum absolute atomic E-state index is 12.9. The first kappa shape index (κ1) is 17.0. The summed E-state index contributed by atoms with van der Waals surface area (Å²) in [4.78, 5) is 17.2. The number of fused-ring (bicyclic) bond motifs is 1. The molecular formula is C18H26N2O4. The van der Waals surface area contributed by atoms with Gasteiger partial charge in [0.25, 0.3) is 5.91 Å². The Morgan fingerprint density at radius 3 is 2.92 bits per heavy atom. The van der Waals surface area contributed by atoms with Gasteiger partial charge >= 0.3 is 0 Å². The fourth-order valence-electron chi connectivity index (χ4n) is 3.25. The van der Waals surface area contributed by atoms with Crippen molar-refractivity contribution in [3.63, 3.8) is 0 Å². The molecule has 1 atom stereocenters. The van der Waals surface area contributed by atoms with Crippen molar-refractivity contribution in [2.75, 3.05) is 52.6 Å². The summed E-state index contributed by atoms with van der Waals surface area (Å²) < 4.78 is 16.7. The molecule has 1 amide bonds. The zero-order valence-corrected chi connectivity index (χ0v) is 14.5. The zero-order valence-electron chi connectivity index (χ0n) is 14.5. The first-order valence-corrected chi connectivity index (χ1v) is 8.70. The Balaban J connectivity index is 1.65. The number of hydrogen-bond acceptors (Lipinski definition) is 5. The molecule has 0 unspecified atom stereocenters. The van der Waals surface area contributed by atoms with Crippen molar-refractivity contribution < 1.29 is 19.0 Å². The van der Waals surface area contributed by atoms with E-state index in [0.717, 1.165) is 39.4 Å². The number of hydrogen-bond donors (Lipinski definition) is 0. The standard InChI is InChI=1S/C18H26N2O4/c1-3-22-10-9-19-7-8-20(13-14(19)2)18(21)15-5-4-6-16-17(15)24-12-11-23-16/h4-6,14H,3,7-13H2,1-2H3/t14-/m1/s1. The molecule has 6 heteroatoms. The second-order valence-electron chi connectivity index (χ2n) is 6.16. The fourth-order valence-corrected chi connectivity index (χ4v) is 3.25. The van der Waals surface area contributed by atoms with E-state index in [9.17, 15) is 4.79 Å². The predicted molar refractivity (Wildman–Crippen MR) is 90.9 cm³/mol. The lowest BCUT2D eigenvalue weighted by molar-refractivity contribution is 0.0387. The molecule has 2 aliphatic heterocycles. The van der Waals surface area contributed by atoms with Crippen LogP contribution in [-0.4, -0.2) is 74.4 Å². The van der Waals surface area contributed by atoms with Gasteiger partial charge in [0.15, 0.2) is 11.5 Å². The molecule has 0 aliphatic carbocycles. The highest BCUT2D eigenvalue weighted by Gasteiger charge is 2.30. The average Bonchev–Trinajstić information content (AvgIpc) is 2.62. The molecule has 1 aromatic rings. The third kappa shape index (κ3) is 3.65. The first-order valence-electron chi connectivity index (χ1n) is 8.70. The van der Waals surface area contributed by atoms with E-state index in [1.165, 1.54) is 0 Å². The van der Waals surface area contributed by atoms with Crippen LogP contribution in [0.4, 0.5) is 0 Å². The van der Waals surface area contributed by atoms with E-state index in [1.54, 1.807) is 0 Å². The molecule has 6 nitrogen and oxygen atoms in total.